The maximum absolute atomic E-state index is 12.1. The molecule has 1 saturated carbocycles. The number of carbonyl (C=O) groups excluding carboxylic acids is 1. The van der Waals surface area contributed by atoms with Crippen molar-refractivity contribution < 1.29 is 4.79 Å². The molecular weight excluding hydrogens is 236 g/mol. The average molecular weight is 266 g/mol. The van der Waals surface area contributed by atoms with E-state index in [1.807, 2.05) is 0 Å². The van der Waals surface area contributed by atoms with Crippen LogP contribution in [0, 0.1) is 17.8 Å². The van der Waals surface area contributed by atoms with Gasteiger partial charge in [-0.05, 0) is 43.6 Å². The minimum absolute atomic E-state index is 0.0418. The van der Waals surface area contributed by atoms with E-state index in [1.165, 1.54) is 44.9 Å². The summed E-state index contributed by atoms with van der Waals surface area (Å²) in [5.74, 6) is 2.45. The lowest BCUT2D eigenvalue weighted by Crippen LogP contribution is -2.51. The van der Waals surface area contributed by atoms with Crippen LogP contribution in [0.1, 0.15) is 58.8 Å². The standard InChI is InChI=1S/C16H30N2O/c1-12-5-7-14(8-6-12)9-11-18-16(19)15-13(2)4-3-10-17-15/h12-15,17H,3-11H2,1-2H3,(H,18,19). The molecule has 2 atom stereocenters. The van der Waals surface area contributed by atoms with Crippen LogP contribution in [0.4, 0.5) is 0 Å². The van der Waals surface area contributed by atoms with Crippen LogP contribution in [0.15, 0.2) is 0 Å². The molecule has 2 rings (SSSR count). The van der Waals surface area contributed by atoms with Gasteiger partial charge < -0.3 is 10.6 Å². The van der Waals surface area contributed by atoms with Gasteiger partial charge in [0.1, 0.15) is 0 Å². The second-order valence-corrected chi connectivity index (χ2v) is 6.76. The molecule has 110 valence electrons. The number of rotatable bonds is 4. The van der Waals surface area contributed by atoms with Crippen molar-refractivity contribution in [3.05, 3.63) is 0 Å². The highest BCUT2D eigenvalue weighted by Gasteiger charge is 2.27. The lowest BCUT2D eigenvalue weighted by Gasteiger charge is -2.30. The zero-order valence-electron chi connectivity index (χ0n) is 12.6. The minimum atomic E-state index is 0.0418. The molecule has 1 amide bonds. The van der Waals surface area contributed by atoms with Crippen molar-refractivity contribution in [1.82, 2.24) is 10.6 Å². The fraction of sp³-hybridized carbons (Fsp3) is 0.938. The summed E-state index contributed by atoms with van der Waals surface area (Å²) in [6.07, 6.45) is 9.00. The Morgan fingerprint density at radius 1 is 1.16 bits per heavy atom. The average Bonchev–Trinajstić information content (AvgIpc) is 2.41. The van der Waals surface area contributed by atoms with Crippen LogP contribution in [0.2, 0.25) is 0 Å². The van der Waals surface area contributed by atoms with E-state index in [1.54, 1.807) is 0 Å². The van der Waals surface area contributed by atoms with E-state index in [-0.39, 0.29) is 11.9 Å². The highest BCUT2D eigenvalue weighted by molar-refractivity contribution is 5.82. The Labute approximate surface area is 117 Å². The predicted octanol–water partition coefficient (Wildman–Crippen LogP) is 2.71. The SMILES string of the molecule is CC1CCC(CCNC(=O)C2NCCCC2C)CC1. The smallest absolute Gasteiger partial charge is 0.237 e. The first-order chi connectivity index (χ1) is 9.16. The van der Waals surface area contributed by atoms with Gasteiger partial charge in [0.05, 0.1) is 6.04 Å². The van der Waals surface area contributed by atoms with E-state index in [9.17, 15) is 4.79 Å². The largest absolute Gasteiger partial charge is 0.355 e. The highest BCUT2D eigenvalue weighted by Crippen LogP contribution is 2.29. The van der Waals surface area contributed by atoms with Gasteiger partial charge in [-0.1, -0.05) is 39.5 Å². The van der Waals surface area contributed by atoms with Gasteiger partial charge in [0.15, 0.2) is 0 Å². The van der Waals surface area contributed by atoms with Crippen LogP contribution in [-0.2, 0) is 4.79 Å². The van der Waals surface area contributed by atoms with E-state index >= 15 is 0 Å². The molecule has 2 aliphatic rings. The van der Waals surface area contributed by atoms with Gasteiger partial charge in [0.2, 0.25) is 5.91 Å². The minimum Gasteiger partial charge on any atom is -0.355 e. The monoisotopic (exact) mass is 266 g/mol. The van der Waals surface area contributed by atoms with E-state index in [4.69, 9.17) is 0 Å². The molecule has 0 aromatic heterocycles. The van der Waals surface area contributed by atoms with Crippen LogP contribution in [0.5, 0.6) is 0 Å². The van der Waals surface area contributed by atoms with Gasteiger partial charge in [-0.15, -0.1) is 0 Å². The molecule has 2 N–H and O–H groups in total. The van der Waals surface area contributed by atoms with Gasteiger partial charge in [-0.2, -0.15) is 0 Å². The molecule has 0 spiro atoms. The summed E-state index contributed by atoms with van der Waals surface area (Å²) in [4.78, 5) is 12.1. The number of hydrogen-bond donors (Lipinski definition) is 2. The molecule has 1 aliphatic carbocycles. The van der Waals surface area contributed by atoms with Crippen LogP contribution >= 0.6 is 0 Å². The molecule has 19 heavy (non-hydrogen) atoms. The van der Waals surface area contributed by atoms with Crippen molar-refractivity contribution in [3.8, 4) is 0 Å². The number of carbonyl (C=O) groups is 1. The van der Waals surface area contributed by atoms with Crippen LogP contribution in [-0.4, -0.2) is 25.0 Å². The molecule has 0 aromatic carbocycles. The van der Waals surface area contributed by atoms with E-state index in [0.717, 1.165) is 24.9 Å². The second kappa shape index (κ2) is 7.28. The van der Waals surface area contributed by atoms with E-state index in [2.05, 4.69) is 24.5 Å². The van der Waals surface area contributed by atoms with Crippen molar-refractivity contribution in [2.45, 2.75) is 64.8 Å². The molecule has 2 fully saturated rings. The normalized spacial score (nSPS) is 35.9. The third-order valence-electron chi connectivity index (χ3n) is 5.04. The van der Waals surface area contributed by atoms with Gasteiger partial charge >= 0.3 is 0 Å². The Bertz CT molecular complexity index is 284. The van der Waals surface area contributed by atoms with Crippen LogP contribution < -0.4 is 10.6 Å². The third-order valence-corrected chi connectivity index (χ3v) is 5.04. The lowest BCUT2D eigenvalue weighted by atomic mass is 9.81. The highest BCUT2D eigenvalue weighted by atomic mass is 16.2. The summed E-state index contributed by atoms with van der Waals surface area (Å²) in [6, 6.07) is 0.0418. The Kier molecular flexibility index (Phi) is 5.68. The summed E-state index contributed by atoms with van der Waals surface area (Å²) in [5, 5.41) is 6.49. The summed E-state index contributed by atoms with van der Waals surface area (Å²) in [5.41, 5.74) is 0. The Balaban J connectivity index is 1.63. The molecule has 0 aromatic rings. The third kappa shape index (κ3) is 4.48. The first-order valence-corrected chi connectivity index (χ1v) is 8.18. The first-order valence-electron chi connectivity index (χ1n) is 8.18. The zero-order chi connectivity index (χ0) is 13.7. The molecular formula is C16H30N2O. The number of amides is 1. The van der Waals surface area contributed by atoms with Gasteiger partial charge in [-0.3, -0.25) is 4.79 Å². The van der Waals surface area contributed by atoms with Crippen molar-refractivity contribution in [2.24, 2.45) is 17.8 Å². The van der Waals surface area contributed by atoms with Gasteiger partial charge in [0.25, 0.3) is 0 Å². The summed E-state index contributed by atoms with van der Waals surface area (Å²) < 4.78 is 0. The predicted molar refractivity (Wildman–Crippen MR) is 78.9 cm³/mol. The molecule has 2 unspecified atom stereocenters. The molecule has 0 bridgehead atoms. The fourth-order valence-corrected chi connectivity index (χ4v) is 3.53. The summed E-state index contributed by atoms with van der Waals surface area (Å²) in [7, 11) is 0. The quantitative estimate of drug-likeness (QED) is 0.821. The van der Waals surface area contributed by atoms with Crippen molar-refractivity contribution in [3.63, 3.8) is 0 Å². The number of hydrogen-bond acceptors (Lipinski definition) is 2. The molecule has 0 radical (unpaired) electrons. The Morgan fingerprint density at radius 3 is 2.58 bits per heavy atom. The Hall–Kier alpha value is -0.570. The molecule has 1 heterocycles. The maximum Gasteiger partial charge on any atom is 0.237 e. The fourth-order valence-electron chi connectivity index (χ4n) is 3.53. The topological polar surface area (TPSA) is 41.1 Å². The molecule has 3 heteroatoms. The summed E-state index contributed by atoms with van der Waals surface area (Å²) >= 11 is 0. The van der Waals surface area contributed by atoms with E-state index < -0.39 is 0 Å². The lowest BCUT2D eigenvalue weighted by molar-refractivity contribution is -0.124. The number of nitrogens with one attached hydrogen (secondary N) is 2. The maximum atomic E-state index is 12.1. The van der Waals surface area contributed by atoms with Gasteiger partial charge in [-0.25, -0.2) is 0 Å². The van der Waals surface area contributed by atoms with Crippen LogP contribution in [0.3, 0.4) is 0 Å². The zero-order valence-corrected chi connectivity index (χ0v) is 12.6. The summed E-state index contributed by atoms with van der Waals surface area (Å²) in [6.45, 7) is 6.39. The molecule has 3 nitrogen and oxygen atoms in total. The van der Waals surface area contributed by atoms with E-state index in [0.29, 0.717) is 5.92 Å². The van der Waals surface area contributed by atoms with Crippen LogP contribution in [0.25, 0.3) is 0 Å². The van der Waals surface area contributed by atoms with Crippen molar-refractivity contribution >= 4 is 5.91 Å². The number of piperidine rings is 1. The molecule has 1 saturated heterocycles. The van der Waals surface area contributed by atoms with Crippen molar-refractivity contribution in [1.29, 1.82) is 0 Å². The second-order valence-electron chi connectivity index (χ2n) is 6.76. The Morgan fingerprint density at radius 2 is 1.89 bits per heavy atom. The van der Waals surface area contributed by atoms with Gasteiger partial charge in [0, 0.05) is 6.54 Å². The first kappa shape index (κ1) is 14.8. The molecule has 1 aliphatic heterocycles. The van der Waals surface area contributed by atoms with Crippen molar-refractivity contribution in [2.75, 3.05) is 13.1 Å².